The zero-order valence-corrected chi connectivity index (χ0v) is 12.5. The highest BCUT2D eigenvalue weighted by Gasteiger charge is 2.31. The van der Waals surface area contributed by atoms with E-state index in [2.05, 4.69) is 52.5 Å². The zero-order chi connectivity index (χ0) is 14.8. The number of carbonyl (C=O) groups excluding carboxylic acids is 1. The molecule has 0 aromatic carbocycles. The molecule has 0 saturated carbocycles. The minimum atomic E-state index is -0.246. The van der Waals surface area contributed by atoms with Crippen molar-refractivity contribution in [1.82, 2.24) is 10.2 Å². The number of aliphatic imine (C=N–C) groups is 1. The van der Waals surface area contributed by atoms with Gasteiger partial charge in [-0.25, -0.2) is 4.79 Å². The van der Waals surface area contributed by atoms with Gasteiger partial charge in [0.1, 0.15) is 12.0 Å². The summed E-state index contributed by atoms with van der Waals surface area (Å²) in [4.78, 5) is 18.2. The lowest BCUT2D eigenvalue weighted by Crippen LogP contribution is -2.55. The van der Waals surface area contributed by atoms with Gasteiger partial charge in [0.15, 0.2) is 0 Å². The lowest BCUT2D eigenvalue weighted by atomic mass is 9.94. The van der Waals surface area contributed by atoms with Crippen molar-refractivity contribution in [3.05, 3.63) is 48.1 Å². The largest absolute Gasteiger partial charge is 0.344 e. The molecule has 1 N–H and O–H groups in total. The molecule has 2 aliphatic carbocycles. The smallest absolute Gasteiger partial charge is 0.338 e. The molecule has 4 heteroatoms. The molecule has 0 spiro atoms. The predicted octanol–water partition coefficient (Wildman–Crippen LogP) is 3.02. The van der Waals surface area contributed by atoms with Crippen molar-refractivity contribution in [2.75, 3.05) is 7.05 Å². The second-order valence-electron chi connectivity index (χ2n) is 5.86. The van der Waals surface area contributed by atoms with E-state index < -0.39 is 0 Å². The first-order valence-corrected chi connectivity index (χ1v) is 7.48. The SMILES string of the molecule is C[C@H]1C=CC(C2NC(=O)N=C(C3C=CC=CC3)N2C)=CC1. The van der Waals surface area contributed by atoms with Gasteiger partial charge in [-0.05, 0) is 24.3 Å². The van der Waals surface area contributed by atoms with Crippen LogP contribution in [0.4, 0.5) is 4.79 Å². The van der Waals surface area contributed by atoms with Crippen LogP contribution >= 0.6 is 0 Å². The summed E-state index contributed by atoms with van der Waals surface area (Å²) < 4.78 is 0. The molecule has 0 radical (unpaired) electrons. The van der Waals surface area contributed by atoms with Crippen LogP contribution in [0.2, 0.25) is 0 Å². The van der Waals surface area contributed by atoms with Crippen LogP contribution in [0, 0.1) is 11.8 Å². The molecule has 3 aliphatic rings. The third-order valence-corrected chi connectivity index (χ3v) is 4.20. The Kier molecular flexibility index (Phi) is 3.78. The standard InChI is InChI=1S/C17H21N3O/c1-12-8-10-14(11-9-12)16-19-17(21)18-15(20(16)2)13-6-4-3-5-7-13/h3-6,8,10-13,16H,7,9H2,1-2H3,(H,19,21)/t12-,13?,16?/m0/s1. The number of likely N-dealkylation sites (N-methyl/N-ethyl adjacent to an activating group) is 1. The molecule has 2 unspecified atom stereocenters. The second-order valence-corrected chi connectivity index (χ2v) is 5.86. The molecule has 21 heavy (non-hydrogen) atoms. The number of allylic oxidation sites excluding steroid dienone is 5. The summed E-state index contributed by atoms with van der Waals surface area (Å²) in [6.07, 6.45) is 16.6. The molecular formula is C17H21N3O. The maximum Gasteiger partial charge on any atom is 0.344 e. The summed E-state index contributed by atoms with van der Waals surface area (Å²) in [6, 6.07) is -0.246. The Morgan fingerprint density at radius 1 is 1.29 bits per heavy atom. The fourth-order valence-electron chi connectivity index (χ4n) is 2.93. The van der Waals surface area contributed by atoms with E-state index in [0.717, 1.165) is 24.3 Å². The van der Waals surface area contributed by atoms with Gasteiger partial charge >= 0.3 is 6.03 Å². The second kappa shape index (κ2) is 5.72. The van der Waals surface area contributed by atoms with Crippen molar-refractivity contribution in [3.63, 3.8) is 0 Å². The summed E-state index contributed by atoms with van der Waals surface area (Å²) >= 11 is 0. The average Bonchev–Trinajstić information content (AvgIpc) is 2.51. The topological polar surface area (TPSA) is 44.7 Å². The highest BCUT2D eigenvalue weighted by molar-refractivity contribution is 5.98. The number of nitrogens with zero attached hydrogens (tertiary/aromatic N) is 2. The minimum Gasteiger partial charge on any atom is -0.338 e. The predicted molar refractivity (Wildman–Crippen MR) is 84.9 cm³/mol. The van der Waals surface area contributed by atoms with Gasteiger partial charge in [-0.1, -0.05) is 49.5 Å². The quantitative estimate of drug-likeness (QED) is 0.846. The van der Waals surface area contributed by atoms with E-state index in [1.54, 1.807) is 0 Å². The van der Waals surface area contributed by atoms with Gasteiger partial charge in [-0.2, -0.15) is 4.99 Å². The third kappa shape index (κ3) is 2.84. The third-order valence-electron chi connectivity index (χ3n) is 4.20. The van der Waals surface area contributed by atoms with Crippen molar-refractivity contribution in [2.45, 2.75) is 25.9 Å². The summed E-state index contributed by atoms with van der Waals surface area (Å²) in [6.45, 7) is 2.19. The number of carbonyl (C=O) groups is 1. The van der Waals surface area contributed by atoms with E-state index in [-0.39, 0.29) is 18.1 Å². The molecule has 0 saturated heterocycles. The van der Waals surface area contributed by atoms with Crippen LogP contribution in [0.3, 0.4) is 0 Å². The number of hydrogen-bond donors (Lipinski definition) is 1. The van der Waals surface area contributed by atoms with Crippen LogP contribution in [0.1, 0.15) is 19.8 Å². The Hall–Kier alpha value is -2.10. The van der Waals surface area contributed by atoms with Crippen LogP contribution in [0.5, 0.6) is 0 Å². The fourth-order valence-corrected chi connectivity index (χ4v) is 2.93. The molecular weight excluding hydrogens is 262 g/mol. The summed E-state index contributed by atoms with van der Waals surface area (Å²) in [5.74, 6) is 1.59. The minimum absolute atomic E-state index is 0.118. The average molecular weight is 283 g/mol. The van der Waals surface area contributed by atoms with Crippen LogP contribution in [-0.2, 0) is 0 Å². The Morgan fingerprint density at radius 3 is 2.81 bits per heavy atom. The van der Waals surface area contributed by atoms with E-state index in [9.17, 15) is 4.79 Å². The maximum atomic E-state index is 12.0. The molecule has 110 valence electrons. The number of rotatable bonds is 2. The molecule has 3 atom stereocenters. The normalized spacial score (nSPS) is 31.8. The number of nitrogens with one attached hydrogen (secondary N) is 1. The van der Waals surface area contributed by atoms with E-state index in [1.165, 1.54) is 0 Å². The number of hydrogen-bond acceptors (Lipinski definition) is 2. The van der Waals surface area contributed by atoms with Gasteiger partial charge in [-0.15, -0.1) is 0 Å². The Bertz CT molecular complexity index is 583. The van der Waals surface area contributed by atoms with E-state index in [1.807, 2.05) is 19.2 Å². The lowest BCUT2D eigenvalue weighted by molar-refractivity contribution is 0.230. The van der Waals surface area contributed by atoms with Crippen molar-refractivity contribution in [3.8, 4) is 0 Å². The summed E-state index contributed by atoms with van der Waals surface area (Å²) in [5, 5.41) is 2.96. The van der Waals surface area contributed by atoms with E-state index >= 15 is 0 Å². The van der Waals surface area contributed by atoms with E-state index in [0.29, 0.717) is 5.92 Å². The molecule has 0 aromatic rings. The molecule has 0 aromatic heterocycles. The molecule has 0 bridgehead atoms. The molecule has 2 amide bonds. The Labute approximate surface area is 125 Å². The van der Waals surface area contributed by atoms with Crippen molar-refractivity contribution < 1.29 is 4.79 Å². The summed E-state index contributed by atoms with van der Waals surface area (Å²) in [5.41, 5.74) is 1.15. The zero-order valence-electron chi connectivity index (χ0n) is 12.5. The van der Waals surface area contributed by atoms with Gasteiger partial charge in [-0.3, -0.25) is 0 Å². The Balaban J connectivity index is 1.84. The van der Waals surface area contributed by atoms with Gasteiger partial charge in [0.05, 0.1) is 0 Å². The highest BCUT2D eigenvalue weighted by Crippen LogP contribution is 2.24. The van der Waals surface area contributed by atoms with Crippen molar-refractivity contribution in [2.24, 2.45) is 16.8 Å². The number of amidine groups is 1. The van der Waals surface area contributed by atoms with Crippen LogP contribution < -0.4 is 5.32 Å². The maximum absolute atomic E-state index is 12.0. The molecule has 4 nitrogen and oxygen atoms in total. The molecule has 0 fully saturated rings. The first kappa shape index (κ1) is 13.9. The summed E-state index contributed by atoms with van der Waals surface area (Å²) in [7, 11) is 2.00. The van der Waals surface area contributed by atoms with Crippen LogP contribution in [0.25, 0.3) is 0 Å². The number of amides is 2. The van der Waals surface area contributed by atoms with Gasteiger partial charge in [0.25, 0.3) is 0 Å². The van der Waals surface area contributed by atoms with Crippen molar-refractivity contribution in [1.29, 1.82) is 0 Å². The van der Waals surface area contributed by atoms with Crippen LogP contribution in [0.15, 0.2) is 53.1 Å². The van der Waals surface area contributed by atoms with Crippen LogP contribution in [-0.4, -0.2) is 30.0 Å². The molecule has 1 aliphatic heterocycles. The monoisotopic (exact) mass is 283 g/mol. The highest BCUT2D eigenvalue weighted by atomic mass is 16.2. The molecule has 3 rings (SSSR count). The molecule has 1 heterocycles. The Morgan fingerprint density at radius 2 is 2.14 bits per heavy atom. The van der Waals surface area contributed by atoms with Gasteiger partial charge in [0.2, 0.25) is 0 Å². The lowest BCUT2D eigenvalue weighted by Gasteiger charge is -2.38. The van der Waals surface area contributed by atoms with Crippen molar-refractivity contribution >= 4 is 11.9 Å². The van der Waals surface area contributed by atoms with Gasteiger partial charge in [0, 0.05) is 13.0 Å². The first-order chi connectivity index (χ1) is 10.1. The van der Waals surface area contributed by atoms with Gasteiger partial charge < -0.3 is 10.2 Å². The fraction of sp³-hybridized carbons (Fsp3) is 0.412. The first-order valence-electron chi connectivity index (χ1n) is 7.48. The number of urea groups is 1. The van der Waals surface area contributed by atoms with E-state index in [4.69, 9.17) is 0 Å².